The summed E-state index contributed by atoms with van der Waals surface area (Å²) >= 11 is 0. The Morgan fingerprint density at radius 2 is 2.11 bits per heavy atom. The average molecular weight is 257 g/mol. The van der Waals surface area contributed by atoms with Crippen LogP contribution in [0, 0.1) is 12.7 Å². The summed E-state index contributed by atoms with van der Waals surface area (Å²) in [6.07, 6.45) is 4.73. The van der Waals surface area contributed by atoms with Crippen molar-refractivity contribution in [1.82, 2.24) is 19.9 Å². The first-order valence-electron chi connectivity index (χ1n) is 5.83. The lowest BCUT2D eigenvalue weighted by Gasteiger charge is -2.03. The SMILES string of the molecule is CNc1nc(-c2c[nH]c3ncc(C)cc23)ncc1F. The summed E-state index contributed by atoms with van der Waals surface area (Å²) in [5, 5.41) is 3.63. The maximum Gasteiger partial charge on any atom is 0.183 e. The molecule has 0 aromatic carbocycles. The molecule has 19 heavy (non-hydrogen) atoms. The van der Waals surface area contributed by atoms with Crippen LogP contribution >= 0.6 is 0 Å². The standard InChI is InChI=1S/C13H12FN5/c1-7-3-8-9(5-17-11(8)16-4-7)12-18-6-10(14)13(15-2)19-12/h3-6H,1-2H3,(H,16,17)(H,15,18,19). The van der Waals surface area contributed by atoms with Crippen molar-refractivity contribution in [1.29, 1.82) is 0 Å². The lowest BCUT2D eigenvalue weighted by Crippen LogP contribution is -1.99. The van der Waals surface area contributed by atoms with Crippen LogP contribution in [0.15, 0.2) is 24.7 Å². The third-order valence-corrected chi connectivity index (χ3v) is 2.89. The van der Waals surface area contributed by atoms with Gasteiger partial charge in [0.1, 0.15) is 5.65 Å². The van der Waals surface area contributed by atoms with E-state index in [9.17, 15) is 4.39 Å². The molecule has 0 saturated carbocycles. The first-order chi connectivity index (χ1) is 9.19. The third kappa shape index (κ3) is 1.91. The van der Waals surface area contributed by atoms with E-state index in [-0.39, 0.29) is 5.82 Å². The molecule has 3 aromatic heterocycles. The Balaban J connectivity index is 2.21. The van der Waals surface area contributed by atoms with Gasteiger partial charge in [-0.1, -0.05) is 0 Å². The number of pyridine rings is 1. The molecular weight excluding hydrogens is 245 g/mol. The van der Waals surface area contributed by atoms with Crippen LogP contribution in [0.4, 0.5) is 10.2 Å². The second-order valence-corrected chi connectivity index (χ2v) is 4.25. The van der Waals surface area contributed by atoms with Gasteiger partial charge in [0, 0.05) is 30.4 Å². The fourth-order valence-electron chi connectivity index (χ4n) is 1.97. The molecule has 3 rings (SSSR count). The molecule has 0 radical (unpaired) electrons. The molecule has 0 amide bonds. The lowest BCUT2D eigenvalue weighted by atomic mass is 10.2. The molecule has 3 aromatic rings. The van der Waals surface area contributed by atoms with Gasteiger partial charge < -0.3 is 10.3 Å². The largest absolute Gasteiger partial charge is 0.371 e. The van der Waals surface area contributed by atoms with Gasteiger partial charge in [0.25, 0.3) is 0 Å². The Labute approximate surface area is 108 Å². The molecule has 0 atom stereocenters. The topological polar surface area (TPSA) is 66.5 Å². The number of hydrogen-bond donors (Lipinski definition) is 2. The summed E-state index contributed by atoms with van der Waals surface area (Å²) in [7, 11) is 1.62. The number of fused-ring (bicyclic) bond motifs is 1. The number of aromatic nitrogens is 4. The second kappa shape index (κ2) is 4.31. The fourth-order valence-corrected chi connectivity index (χ4v) is 1.97. The number of aryl methyl sites for hydroxylation is 1. The van der Waals surface area contributed by atoms with Crippen molar-refractivity contribution >= 4 is 16.9 Å². The zero-order valence-electron chi connectivity index (χ0n) is 10.5. The first-order valence-corrected chi connectivity index (χ1v) is 5.83. The quantitative estimate of drug-likeness (QED) is 0.740. The zero-order valence-corrected chi connectivity index (χ0v) is 10.5. The van der Waals surface area contributed by atoms with E-state index in [1.165, 1.54) is 0 Å². The minimum atomic E-state index is -0.472. The molecule has 0 aliphatic rings. The summed E-state index contributed by atoms with van der Waals surface area (Å²) in [6.45, 7) is 1.97. The number of nitrogens with zero attached hydrogens (tertiary/aromatic N) is 3. The van der Waals surface area contributed by atoms with E-state index in [4.69, 9.17) is 0 Å². The van der Waals surface area contributed by atoms with Gasteiger partial charge in [-0.05, 0) is 18.6 Å². The van der Waals surface area contributed by atoms with Gasteiger partial charge in [0.2, 0.25) is 0 Å². The molecule has 3 heterocycles. The smallest absolute Gasteiger partial charge is 0.183 e. The van der Waals surface area contributed by atoms with Crippen LogP contribution in [0.2, 0.25) is 0 Å². The molecular formula is C13H12FN5. The van der Waals surface area contributed by atoms with Crippen molar-refractivity contribution in [2.75, 3.05) is 12.4 Å². The van der Waals surface area contributed by atoms with Gasteiger partial charge in [0.05, 0.1) is 6.20 Å². The van der Waals surface area contributed by atoms with Crippen LogP contribution in [0.25, 0.3) is 22.4 Å². The van der Waals surface area contributed by atoms with E-state index in [0.29, 0.717) is 5.82 Å². The van der Waals surface area contributed by atoms with Crippen molar-refractivity contribution in [3.8, 4) is 11.4 Å². The molecule has 5 nitrogen and oxygen atoms in total. The van der Waals surface area contributed by atoms with E-state index in [2.05, 4.69) is 25.3 Å². The summed E-state index contributed by atoms with van der Waals surface area (Å²) < 4.78 is 13.4. The van der Waals surface area contributed by atoms with Gasteiger partial charge in [-0.3, -0.25) is 0 Å². The highest BCUT2D eigenvalue weighted by atomic mass is 19.1. The first kappa shape index (κ1) is 11.6. The molecule has 2 N–H and O–H groups in total. The number of anilines is 1. The Morgan fingerprint density at radius 3 is 2.89 bits per heavy atom. The molecule has 0 aliphatic heterocycles. The molecule has 0 saturated heterocycles. The number of nitrogens with one attached hydrogen (secondary N) is 2. The highest BCUT2D eigenvalue weighted by molar-refractivity contribution is 5.91. The minimum absolute atomic E-state index is 0.181. The fraction of sp³-hybridized carbons (Fsp3) is 0.154. The predicted octanol–water partition coefficient (Wildman–Crippen LogP) is 2.51. The summed E-state index contributed by atoms with van der Waals surface area (Å²) in [6, 6.07) is 2.00. The van der Waals surface area contributed by atoms with Crippen LogP contribution in [0.3, 0.4) is 0 Å². The normalized spacial score (nSPS) is 10.9. The minimum Gasteiger partial charge on any atom is -0.371 e. The summed E-state index contributed by atoms with van der Waals surface area (Å²) in [5.74, 6) is 0.171. The zero-order chi connectivity index (χ0) is 13.4. The average Bonchev–Trinajstić information content (AvgIpc) is 2.82. The molecule has 0 spiro atoms. The van der Waals surface area contributed by atoms with Gasteiger partial charge in [-0.25, -0.2) is 19.3 Å². The van der Waals surface area contributed by atoms with Crippen LogP contribution in [-0.4, -0.2) is 27.0 Å². The highest BCUT2D eigenvalue weighted by Crippen LogP contribution is 2.26. The summed E-state index contributed by atoms with van der Waals surface area (Å²) in [4.78, 5) is 15.6. The van der Waals surface area contributed by atoms with E-state index in [0.717, 1.165) is 28.4 Å². The maximum absolute atomic E-state index is 13.4. The van der Waals surface area contributed by atoms with Crippen molar-refractivity contribution in [2.24, 2.45) is 0 Å². The number of aromatic amines is 1. The van der Waals surface area contributed by atoms with Crippen LogP contribution in [0.1, 0.15) is 5.56 Å². The molecule has 6 heteroatoms. The van der Waals surface area contributed by atoms with Crippen LogP contribution in [-0.2, 0) is 0 Å². The van der Waals surface area contributed by atoms with Crippen LogP contribution in [0.5, 0.6) is 0 Å². The Morgan fingerprint density at radius 1 is 1.26 bits per heavy atom. The van der Waals surface area contributed by atoms with Gasteiger partial charge in [-0.15, -0.1) is 0 Å². The van der Waals surface area contributed by atoms with Crippen LogP contribution < -0.4 is 5.32 Å². The van der Waals surface area contributed by atoms with Gasteiger partial charge >= 0.3 is 0 Å². The second-order valence-electron chi connectivity index (χ2n) is 4.25. The van der Waals surface area contributed by atoms with Crippen molar-refractivity contribution in [3.63, 3.8) is 0 Å². The highest BCUT2D eigenvalue weighted by Gasteiger charge is 2.12. The predicted molar refractivity (Wildman–Crippen MR) is 71.4 cm³/mol. The molecule has 0 unspecified atom stereocenters. The number of H-pyrrole nitrogens is 1. The van der Waals surface area contributed by atoms with Crippen molar-refractivity contribution < 1.29 is 4.39 Å². The van der Waals surface area contributed by atoms with E-state index in [1.54, 1.807) is 19.4 Å². The Hall–Kier alpha value is -2.50. The van der Waals surface area contributed by atoms with Gasteiger partial charge in [-0.2, -0.15) is 0 Å². The molecule has 0 fully saturated rings. The number of rotatable bonds is 2. The molecule has 0 bridgehead atoms. The van der Waals surface area contributed by atoms with E-state index in [1.807, 2.05) is 13.0 Å². The third-order valence-electron chi connectivity index (χ3n) is 2.89. The van der Waals surface area contributed by atoms with Crippen molar-refractivity contribution in [3.05, 3.63) is 36.0 Å². The Kier molecular flexibility index (Phi) is 2.63. The molecule has 0 aliphatic carbocycles. The van der Waals surface area contributed by atoms with Gasteiger partial charge in [0.15, 0.2) is 17.5 Å². The van der Waals surface area contributed by atoms with Crippen molar-refractivity contribution in [2.45, 2.75) is 6.92 Å². The Bertz CT molecular complexity index is 750. The maximum atomic E-state index is 13.4. The number of halogens is 1. The van der Waals surface area contributed by atoms with E-state index < -0.39 is 5.82 Å². The molecule has 96 valence electrons. The summed E-state index contributed by atoms with van der Waals surface area (Å²) in [5.41, 5.74) is 2.62. The monoisotopic (exact) mass is 257 g/mol. The number of hydrogen-bond acceptors (Lipinski definition) is 4. The lowest BCUT2D eigenvalue weighted by molar-refractivity contribution is 0.619. The van der Waals surface area contributed by atoms with E-state index >= 15 is 0 Å².